The smallest absolute Gasteiger partial charge is 0.231 e. The number of fused-ring (bicyclic) bond motifs is 1. The molecular formula is C29H27N3O2. The van der Waals surface area contributed by atoms with Gasteiger partial charge < -0.3 is 5.32 Å². The van der Waals surface area contributed by atoms with Crippen LogP contribution >= 0.6 is 0 Å². The highest BCUT2D eigenvalue weighted by Crippen LogP contribution is 2.49. The molecule has 6 rings (SSSR count). The number of aromatic nitrogens is 1. The molecule has 5 nitrogen and oxygen atoms in total. The summed E-state index contributed by atoms with van der Waals surface area (Å²) in [7, 11) is 0. The van der Waals surface area contributed by atoms with Crippen molar-refractivity contribution in [1.29, 1.82) is 0 Å². The Labute approximate surface area is 199 Å². The number of allylic oxidation sites excluding steroid dienone is 1. The number of para-hydroxylation sites is 2. The second-order valence-electron chi connectivity index (χ2n) is 9.64. The molecule has 34 heavy (non-hydrogen) atoms. The molecule has 1 aromatic heterocycles. The van der Waals surface area contributed by atoms with Gasteiger partial charge >= 0.3 is 0 Å². The number of aryl methyl sites for hydroxylation is 1. The SMILES string of the molecule is Cc1ccc([C@@H]2CC(=O)C3=C(C2)Nc2ccccc2N(C(=O)C2CC2)[C@H]3c2cccnc2)cc1. The van der Waals surface area contributed by atoms with E-state index >= 15 is 0 Å². The van der Waals surface area contributed by atoms with Crippen LogP contribution in [0.5, 0.6) is 0 Å². The van der Waals surface area contributed by atoms with E-state index in [9.17, 15) is 9.59 Å². The maximum absolute atomic E-state index is 13.9. The van der Waals surface area contributed by atoms with E-state index in [2.05, 4.69) is 41.5 Å². The molecule has 0 radical (unpaired) electrons. The number of hydrogen-bond donors (Lipinski definition) is 1. The van der Waals surface area contributed by atoms with Crippen molar-refractivity contribution in [2.24, 2.45) is 5.92 Å². The first-order valence-electron chi connectivity index (χ1n) is 12.0. The fourth-order valence-corrected chi connectivity index (χ4v) is 5.29. The van der Waals surface area contributed by atoms with Crippen LogP contribution in [0.2, 0.25) is 0 Å². The predicted octanol–water partition coefficient (Wildman–Crippen LogP) is 5.70. The molecule has 0 unspecified atom stereocenters. The number of nitrogens with one attached hydrogen (secondary N) is 1. The van der Waals surface area contributed by atoms with E-state index in [0.29, 0.717) is 12.0 Å². The lowest BCUT2D eigenvalue weighted by Crippen LogP contribution is -2.39. The van der Waals surface area contributed by atoms with Gasteiger partial charge in [0.2, 0.25) is 5.91 Å². The Hall–Kier alpha value is -3.73. The summed E-state index contributed by atoms with van der Waals surface area (Å²) in [6.07, 6.45) is 6.48. The van der Waals surface area contributed by atoms with Crippen molar-refractivity contribution in [2.75, 3.05) is 10.2 Å². The van der Waals surface area contributed by atoms with Crippen LogP contribution < -0.4 is 10.2 Å². The number of anilines is 2. The van der Waals surface area contributed by atoms with Crippen LogP contribution in [0, 0.1) is 12.8 Å². The molecule has 1 fully saturated rings. The fraction of sp³-hybridized carbons (Fsp3) is 0.276. The minimum Gasteiger partial charge on any atom is -0.357 e. The van der Waals surface area contributed by atoms with Crippen LogP contribution in [-0.4, -0.2) is 16.7 Å². The lowest BCUT2D eigenvalue weighted by atomic mass is 9.78. The molecule has 0 bridgehead atoms. The quantitative estimate of drug-likeness (QED) is 0.557. The average Bonchev–Trinajstić information content (AvgIpc) is 3.71. The highest BCUT2D eigenvalue weighted by atomic mass is 16.2. The summed E-state index contributed by atoms with van der Waals surface area (Å²) in [6.45, 7) is 2.07. The number of pyridine rings is 1. The Balaban J connectivity index is 1.52. The molecule has 1 N–H and O–H groups in total. The third-order valence-corrected chi connectivity index (χ3v) is 7.20. The topological polar surface area (TPSA) is 62.3 Å². The van der Waals surface area contributed by atoms with E-state index in [1.807, 2.05) is 41.3 Å². The largest absolute Gasteiger partial charge is 0.357 e. The van der Waals surface area contributed by atoms with Crippen molar-refractivity contribution in [1.82, 2.24) is 4.98 Å². The van der Waals surface area contributed by atoms with E-state index in [1.54, 1.807) is 12.4 Å². The predicted molar refractivity (Wildman–Crippen MR) is 132 cm³/mol. The normalized spacial score (nSPS) is 21.9. The number of carbonyl (C=O) groups excluding carboxylic acids is 2. The zero-order valence-corrected chi connectivity index (χ0v) is 19.2. The molecule has 0 saturated heterocycles. The summed E-state index contributed by atoms with van der Waals surface area (Å²) in [4.78, 5) is 33.8. The van der Waals surface area contributed by atoms with Crippen molar-refractivity contribution in [3.63, 3.8) is 0 Å². The second-order valence-corrected chi connectivity index (χ2v) is 9.64. The number of carbonyl (C=O) groups is 2. The number of rotatable bonds is 3. The maximum atomic E-state index is 13.9. The van der Waals surface area contributed by atoms with Crippen LogP contribution in [0.4, 0.5) is 11.4 Å². The molecule has 3 aromatic rings. The van der Waals surface area contributed by atoms with Crippen LogP contribution in [-0.2, 0) is 9.59 Å². The third kappa shape index (κ3) is 3.61. The molecule has 2 aromatic carbocycles. The van der Waals surface area contributed by atoms with Crippen LogP contribution in [0.3, 0.4) is 0 Å². The Morgan fingerprint density at radius 3 is 2.50 bits per heavy atom. The van der Waals surface area contributed by atoms with Crippen molar-refractivity contribution < 1.29 is 9.59 Å². The minimum atomic E-state index is -0.487. The summed E-state index contributed by atoms with van der Waals surface area (Å²) in [5.74, 6) is 0.306. The monoisotopic (exact) mass is 449 g/mol. The molecule has 1 saturated carbocycles. The standard InChI is InChI=1S/C29H27N3O2/c1-18-8-10-19(11-9-18)22-15-24-27(26(33)16-22)28(21-5-4-14-30-17-21)32(29(34)20-12-13-20)25-7-3-2-6-23(25)31-24/h2-11,14,17,20,22,28,31H,12-13,15-16H2,1H3/t22-,28-/m0/s1. The summed E-state index contributed by atoms with van der Waals surface area (Å²) >= 11 is 0. The lowest BCUT2D eigenvalue weighted by molar-refractivity contribution is -0.120. The molecule has 2 aliphatic carbocycles. The summed E-state index contributed by atoms with van der Waals surface area (Å²) in [5.41, 5.74) is 6.54. The van der Waals surface area contributed by atoms with E-state index in [0.717, 1.165) is 41.9 Å². The molecule has 1 aliphatic heterocycles. The van der Waals surface area contributed by atoms with Gasteiger partial charge in [-0.05, 0) is 61.4 Å². The van der Waals surface area contributed by atoms with Crippen molar-refractivity contribution in [3.8, 4) is 0 Å². The zero-order chi connectivity index (χ0) is 23.2. The summed E-state index contributed by atoms with van der Waals surface area (Å²) in [5, 5.41) is 3.59. The van der Waals surface area contributed by atoms with Crippen molar-refractivity contribution in [2.45, 2.75) is 44.6 Å². The Morgan fingerprint density at radius 1 is 0.971 bits per heavy atom. The fourth-order valence-electron chi connectivity index (χ4n) is 5.29. The van der Waals surface area contributed by atoms with Crippen molar-refractivity contribution >= 4 is 23.1 Å². The van der Waals surface area contributed by atoms with Gasteiger partial charge in [0.05, 0.1) is 17.4 Å². The summed E-state index contributed by atoms with van der Waals surface area (Å²) < 4.78 is 0. The van der Waals surface area contributed by atoms with Gasteiger partial charge in [-0.3, -0.25) is 19.5 Å². The number of ketones is 1. The first kappa shape index (κ1) is 20.8. The first-order chi connectivity index (χ1) is 16.6. The number of Topliss-reactive ketones (excluding diaryl/α,β-unsaturated/α-hetero) is 1. The Bertz CT molecular complexity index is 1290. The van der Waals surface area contributed by atoms with Gasteiger partial charge in [0.15, 0.2) is 5.78 Å². The van der Waals surface area contributed by atoms with Gasteiger partial charge in [-0.1, -0.05) is 48.0 Å². The van der Waals surface area contributed by atoms with Crippen molar-refractivity contribution in [3.05, 3.63) is 101 Å². The molecule has 1 amide bonds. The van der Waals surface area contributed by atoms with E-state index < -0.39 is 6.04 Å². The number of nitrogens with zero attached hydrogens (tertiary/aromatic N) is 2. The zero-order valence-electron chi connectivity index (χ0n) is 19.2. The molecule has 0 spiro atoms. The molecule has 2 atom stereocenters. The Kier molecular flexibility index (Phi) is 5.05. The van der Waals surface area contributed by atoms with E-state index in [-0.39, 0.29) is 23.5 Å². The van der Waals surface area contributed by atoms with Gasteiger partial charge in [0.25, 0.3) is 0 Å². The van der Waals surface area contributed by atoms with Gasteiger partial charge in [-0.2, -0.15) is 0 Å². The average molecular weight is 450 g/mol. The highest BCUT2D eigenvalue weighted by molar-refractivity contribution is 6.07. The number of amides is 1. The second kappa shape index (κ2) is 8.24. The number of hydrogen-bond acceptors (Lipinski definition) is 4. The molecule has 170 valence electrons. The van der Waals surface area contributed by atoms with E-state index in [1.165, 1.54) is 11.1 Å². The molecule has 2 heterocycles. The Morgan fingerprint density at radius 2 is 1.76 bits per heavy atom. The van der Waals surface area contributed by atoms with Gasteiger partial charge in [0, 0.05) is 36.0 Å². The lowest BCUT2D eigenvalue weighted by Gasteiger charge is -2.35. The van der Waals surface area contributed by atoms with Gasteiger partial charge in [-0.15, -0.1) is 0 Å². The molecule has 3 aliphatic rings. The van der Waals surface area contributed by atoms with Crippen LogP contribution in [0.1, 0.15) is 54.3 Å². The highest BCUT2D eigenvalue weighted by Gasteiger charge is 2.45. The first-order valence-corrected chi connectivity index (χ1v) is 12.0. The summed E-state index contributed by atoms with van der Waals surface area (Å²) in [6, 6.07) is 19.7. The molecule has 5 heteroatoms. The van der Waals surface area contributed by atoms with Crippen LogP contribution in [0.25, 0.3) is 0 Å². The van der Waals surface area contributed by atoms with Gasteiger partial charge in [0.1, 0.15) is 0 Å². The number of benzene rings is 2. The third-order valence-electron chi connectivity index (χ3n) is 7.20. The maximum Gasteiger partial charge on any atom is 0.231 e. The van der Waals surface area contributed by atoms with Gasteiger partial charge in [-0.25, -0.2) is 0 Å². The molecular weight excluding hydrogens is 422 g/mol. The van der Waals surface area contributed by atoms with E-state index in [4.69, 9.17) is 0 Å². The minimum absolute atomic E-state index is 0.0216. The van der Waals surface area contributed by atoms with Crippen LogP contribution in [0.15, 0.2) is 84.3 Å².